The Hall–Kier alpha value is -3.42. The molecule has 8 nitrogen and oxygen atoms in total. The van der Waals surface area contributed by atoms with Gasteiger partial charge in [-0.25, -0.2) is 0 Å². The molecule has 0 aliphatic carbocycles. The second-order valence-electron chi connectivity index (χ2n) is 7.11. The van der Waals surface area contributed by atoms with Gasteiger partial charge in [0.05, 0.1) is 11.3 Å². The minimum atomic E-state index is -0.551. The zero-order valence-corrected chi connectivity index (χ0v) is 15.6. The Morgan fingerprint density at radius 1 is 1.18 bits per heavy atom. The Labute approximate surface area is 161 Å². The Bertz CT molecular complexity index is 1070. The molecule has 0 radical (unpaired) electrons. The van der Waals surface area contributed by atoms with Gasteiger partial charge in [0.15, 0.2) is 0 Å². The van der Waals surface area contributed by atoms with Gasteiger partial charge in [0, 0.05) is 25.0 Å². The van der Waals surface area contributed by atoms with Crippen LogP contribution in [0.1, 0.15) is 39.3 Å². The smallest absolute Gasteiger partial charge is 0.263 e. The molecule has 2 N–H and O–H groups in total. The van der Waals surface area contributed by atoms with Crippen LogP contribution in [0.3, 0.4) is 0 Å². The third-order valence-corrected chi connectivity index (χ3v) is 5.38. The van der Waals surface area contributed by atoms with E-state index in [9.17, 15) is 19.2 Å². The van der Waals surface area contributed by atoms with Crippen LogP contribution in [0.25, 0.3) is 0 Å². The predicted molar refractivity (Wildman–Crippen MR) is 104 cm³/mol. The third-order valence-electron chi connectivity index (χ3n) is 5.38. The highest BCUT2D eigenvalue weighted by atomic mass is 16.2. The number of pyridine rings is 1. The van der Waals surface area contributed by atoms with Crippen molar-refractivity contribution >= 4 is 29.1 Å². The number of carbonyl (C=O) groups is 3. The fourth-order valence-electron chi connectivity index (χ4n) is 3.66. The Balaban J connectivity index is 1.65. The van der Waals surface area contributed by atoms with Crippen molar-refractivity contribution in [1.29, 1.82) is 0 Å². The molecule has 1 unspecified atom stereocenters. The Morgan fingerprint density at radius 3 is 2.75 bits per heavy atom. The molecule has 3 amide bonds. The van der Waals surface area contributed by atoms with Crippen LogP contribution in [0.4, 0.5) is 11.4 Å². The molecule has 1 fully saturated rings. The molecular formula is C20H20N4O4. The molecule has 2 aromatic rings. The summed E-state index contributed by atoms with van der Waals surface area (Å²) in [6.07, 6.45) is 1.43. The van der Waals surface area contributed by atoms with E-state index < -0.39 is 17.5 Å². The van der Waals surface area contributed by atoms with Crippen LogP contribution in [-0.2, 0) is 11.8 Å². The lowest BCUT2D eigenvalue weighted by molar-refractivity contribution is -0.119. The van der Waals surface area contributed by atoms with Crippen molar-refractivity contribution in [1.82, 2.24) is 9.47 Å². The highest BCUT2D eigenvalue weighted by Gasteiger charge is 2.38. The van der Waals surface area contributed by atoms with Crippen molar-refractivity contribution in [3.05, 3.63) is 57.5 Å². The molecule has 1 saturated heterocycles. The van der Waals surface area contributed by atoms with Crippen molar-refractivity contribution in [3.63, 3.8) is 0 Å². The quantitative estimate of drug-likeness (QED) is 0.825. The summed E-state index contributed by atoms with van der Waals surface area (Å²) in [7, 11) is 1.60. The number of carbonyl (C=O) groups excluding carboxylic acids is 3. The van der Waals surface area contributed by atoms with E-state index in [0.717, 1.165) is 12.1 Å². The number of aromatic nitrogens is 1. The number of nitrogens with zero attached hydrogens (tertiary/aromatic N) is 2. The summed E-state index contributed by atoms with van der Waals surface area (Å²) in [4.78, 5) is 51.7. The summed E-state index contributed by atoms with van der Waals surface area (Å²) in [5.41, 5.74) is 1.50. The van der Waals surface area contributed by atoms with E-state index in [2.05, 4.69) is 10.6 Å². The maximum atomic E-state index is 12.9. The van der Waals surface area contributed by atoms with Crippen molar-refractivity contribution in [2.75, 3.05) is 17.2 Å². The first-order valence-electron chi connectivity index (χ1n) is 9.10. The van der Waals surface area contributed by atoms with Crippen LogP contribution >= 0.6 is 0 Å². The molecule has 1 aromatic heterocycles. The summed E-state index contributed by atoms with van der Waals surface area (Å²) in [5, 5.41) is 5.46. The van der Waals surface area contributed by atoms with E-state index in [1.54, 1.807) is 37.1 Å². The lowest BCUT2D eigenvalue weighted by atomic mass is 10.1. The van der Waals surface area contributed by atoms with Gasteiger partial charge in [0.2, 0.25) is 5.91 Å². The summed E-state index contributed by atoms with van der Waals surface area (Å²) in [6, 6.07) is 7.45. The fraction of sp³-hybridized carbons (Fsp3) is 0.300. The first-order valence-corrected chi connectivity index (χ1v) is 9.10. The van der Waals surface area contributed by atoms with Crippen LogP contribution < -0.4 is 16.2 Å². The molecule has 0 spiro atoms. The summed E-state index contributed by atoms with van der Waals surface area (Å²) in [6.45, 7) is 2.31. The van der Waals surface area contributed by atoms with E-state index in [-0.39, 0.29) is 17.4 Å². The van der Waals surface area contributed by atoms with Gasteiger partial charge in [-0.3, -0.25) is 19.2 Å². The minimum absolute atomic E-state index is 0.0160. The standard InChI is InChI=1S/C20H20N4O4/c1-11-5-7-13(19(27)23(11)2)17(25)21-12-6-8-15-14(10-12)20(28)24-9-3-4-16(24)18(26)22-15/h5-8,10,16H,3-4,9H2,1-2H3,(H,21,25)(H,22,26). The Kier molecular flexibility index (Phi) is 4.26. The monoisotopic (exact) mass is 380 g/mol. The summed E-state index contributed by atoms with van der Waals surface area (Å²) in [5.74, 6) is -0.979. The zero-order chi connectivity index (χ0) is 20.0. The van der Waals surface area contributed by atoms with Crippen molar-refractivity contribution in [2.45, 2.75) is 25.8 Å². The molecule has 28 heavy (non-hydrogen) atoms. The second kappa shape index (κ2) is 6.63. The average Bonchev–Trinajstić information content (AvgIpc) is 3.13. The van der Waals surface area contributed by atoms with Crippen molar-refractivity contribution in [2.24, 2.45) is 7.05 Å². The van der Waals surface area contributed by atoms with Crippen molar-refractivity contribution in [3.8, 4) is 0 Å². The van der Waals surface area contributed by atoms with Crippen LogP contribution in [-0.4, -0.2) is 39.8 Å². The largest absolute Gasteiger partial charge is 0.327 e. The Morgan fingerprint density at radius 2 is 1.96 bits per heavy atom. The van der Waals surface area contributed by atoms with E-state index in [1.165, 1.54) is 16.7 Å². The van der Waals surface area contributed by atoms with Crippen LogP contribution in [0, 0.1) is 6.92 Å². The maximum Gasteiger partial charge on any atom is 0.263 e. The van der Waals surface area contributed by atoms with Crippen LogP contribution in [0.2, 0.25) is 0 Å². The topological polar surface area (TPSA) is 101 Å². The first kappa shape index (κ1) is 18.0. The molecule has 4 rings (SSSR count). The van der Waals surface area contributed by atoms with Crippen LogP contribution in [0.5, 0.6) is 0 Å². The molecular weight excluding hydrogens is 360 g/mol. The van der Waals surface area contributed by atoms with E-state index >= 15 is 0 Å². The number of amides is 3. The lowest BCUT2D eigenvalue weighted by Gasteiger charge is -2.20. The van der Waals surface area contributed by atoms with Gasteiger partial charge in [0.1, 0.15) is 11.6 Å². The lowest BCUT2D eigenvalue weighted by Crippen LogP contribution is -2.40. The highest BCUT2D eigenvalue weighted by Crippen LogP contribution is 2.30. The van der Waals surface area contributed by atoms with Gasteiger partial charge in [0.25, 0.3) is 17.4 Å². The number of benzene rings is 1. The summed E-state index contributed by atoms with van der Waals surface area (Å²) < 4.78 is 1.40. The molecule has 2 aliphatic heterocycles. The van der Waals surface area contributed by atoms with Crippen LogP contribution in [0.15, 0.2) is 35.1 Å². The molecule has 0 saturated carbocycles. The van der Waals surface area contributed by atoms with E-state index in [1.807, 2.05) is 0 Å². The van der Waals surface area contributed by atoms with Gasteiger partial charge in [-0.05, 0) is 50.1 Å². The van der Waals surface area contributed by atoms with Gasteiger partial charge >= 0.3 is 0 Å². The van der Waals surface area contributed by atoms with Gasteiger partial charge in [-0.2, -0.15) is 0 Å². The number of hydrogen-bond donors (Lipinski definition) is 2. The third kappa shape index (κ3) is 2.87. The normalized spacial score (nSPS) is 18.2. The molecule has 8 heteroatoms. The van der Waals surface area contributed by atoms with Gasteiger partial charge in [-0.1, -0.05) is 0 Å². The zero-order valence-electron chi connectivity index (χ0n) is 15.6. The van der Waals surface area contributed by atoms with E-state index in [4.69, 9.17) is 0 Å². The number of rotatable bonds is 2. The molecule has 1 aromatic carbocycles. The van der Waals surface area contributed by atoms with Crippen molar-refractivity contribution < 1.29 is 14.4 Å². The SMILES string of the molecule is Cc1ccc(C(=O)Nc2ccc3c(c2)C(=O)N2CCCC2C(=O)N3)c(=O)n1C. The number of hydrogen-bond acceptors (Lipinski definition) is 4. The average molecular weight is 380 g/mol. The number of aryl methyl sites for hydroxylation is 1. The van der Waals surface area contributed by atoms with Gasteiger partial charge < -0.3 is 20.1 Å². The molecule has 2 aliphatic rings. The number of nitrogens with one attached hydrogen (secondary N) is 2. The van der Waals surface area contributed by atoms with E-state index in [0.29, 0.717) is 29.9 Å². The minimum Gasteiger partial charge on any atom is -0.327 e. The second-order valence-corrected chi connectivity index (χ2v) is 7.11. The maximum absolute atomic E-state index is 12.9. The molecule has 0 bridgehead atoms. The highest BCUT2D eigenvalue weighted by molar-refractivity contribution is 6.11. The predicted octanol–water partition coefficient (Wildman–Crippen LogP) is 1.50. The number of fused-ring (bicyclic) bond motifs is 2. The first-order chi connectivity index (χ1) is 13.4. The fourth-order valence-corrected chi connectivity index (χ4v) is 3.66. The molecule has 1 atom stereocenters. The van der Waals surface area contributed by atoms with Gasteiger partial charge in [-0.15, -0.1) is 0 Å². The number of anilines is 2. The molecule has 3 heterocycles. The molecule has 144 valence electrons. The summed E-state index contributed by atoms with van der Waals surface area (Å²) >= 11 is 0.